The Morgan fingerprint density at radius 3 is 2.61 bits per heavy atom. The van der Waals surface area contributed by atoms with Crippen molar-refractivity contribution in [3.8, 4) is 0 Å². The quantitative estimate of drug-likeness (QED) is 0.299. The van der Waals surface area contributed by atoms with Gasteiger partial charge in [0, 0.05) is 6.54 Å². The summed E-state index contributed by atoms with van der Waals surface area (Å²) >= 11 is 0. The maximum atomic E-state index is 12.2. The normalized spacial score (nSPS) is 18.0. The van der Waals surface area contributed by atoms with Crippen LogP contribution in [-0.2, 0) is 10.0 Å². The maximum absolute atomic E-state index is 12.2. The average molecular weight is 277 g/mol. The first kappa shape index (κ1) is 15.2. The zero-order chi connectivity index (χ0) is 13.6. The molecule has 0 saturated heterocycles. The van der Waals surface area contributed by atoms with E-state index in [4.69, 9.17) is 10.9 Å². The van der Waals surface area contributed by atoms with Crippen LogP contribution in [0.1, 0.15) is 39.0 Å². The average Bonchev–Trinajstić information content (AvgIpc) is 2.26. The Balaban J connectivity index is 2.56. The minimum atomic E-state index is -3.30. The molecule has 0 radical (unpaired) electrons. The van der Waals surface area contributed by atoms with Crippen molar-refractivity contribution in [3.05, 3.63) is 0 Å². The van der Waals surface area contributed by atoms with Crippen molar-refractivity contribution in [2.24, 2.45) is 16.8 Å². The molecule has 1 fully saturated rings. The van der Waals surface area contributed by atoms with E-state index in [1.165, 1.54) is 10.7 Å². The van der Waals surface area contributed by atoms with Crippen LogP contribution in [0.3, 0.4) is 0 Å². The molecule has 1 saturated carbocycles. The smallest absolute Gasteiger partial charge is 0.214 e. The summed E-state index contributed by atoms with van der Waals surface area (Å²) in [6, 6.07) is 0. The van der Waals surface area contributed by atoms with E-state index >= 15 is 0 Å². The van der Waals surface area contributed by atoms with Gasteiger partial charge in [0.05, 0.1) is 12.3 Å². The summed E-state index contributed by atoms with van der Waals surface area (Å²) in [5.41, 5.74) is 5.39. The molecule has 0 unspecified atom stereocenters. The Kier molecular flexibility index (Phi) is 5.87. The summed E-state index contributed by atoms with van der Waals surface area (Å²) in [5, 5.41) is 11.4. The first-order chi connectivity index (χ1) is 8.49. The zero-order valence-corrected chi connectivity index (χ0v) is 11.7. The molecule has 106 valence electrons. The lowest BCUT2D eigenvalue weighted by Gasteiger charge is -2.27. The van der Waals surface area contributed by atoms with E-state index in [2.05, 4.69) is 5.16 Å². The first-order valence-electron chi connectivity index (χ1n) is 6.43. The lowest BCUT2D eigenvalue weighted by atomic mass is 9.84. The Morgan fingerprint density at radius 2 is 2.17 bits per heavy atom. The highest BCUT2D eigenvalue weighted by molar-refractivity contribution is 7.89. The van der Waals surface area contributed by atoms with Crippen molar-refractivity contribution in [1.29, 1.82) is 0 Å². The van der Waals surface area contributed by atoms with Crippen LogP contribution in [0.5, 0.6) is 0 Å². The Hall–Kier alpha value is -0.820. The molecule has 0 aliphatic heterocycles. The van der Waals surface area contributed by atoms with Gasteiger partial charge in [0.2, 0.25) is 10.0 Å². The molecular formula is C11H23N3O3S. The molecule has 0 heterocycles. The van der Waals surface area contributed by atoms with Gasteiger partial charge in [0.15, 0.2) is 5.84 Å². The molecular weight excluding hydrogens is 254 g/mol. The van der Waals surface area contributed by atoms with Gasteiger partial charge in [-0.15, -0.1) is 0 Å². The van der Waals surface area contributed by atoms with Crippen LogP contribution < -0.4 is 5.73 Å². The van der Waals surface area contributed by atoms with Crippen molar-refractivity contribution in [2.45, 2.75) is 39.0 Å². The number of hydrogen-bond donors (Lipinski definition) is 2. The van der Waals surface area contributed by atoms with Crippen molar-refractivity contribution < 1.29 is 13.6 Å². The maximum Gasteiger partial charge on any atom is 0.214 e. The minimum absolute atomic E-state index is 0.0304. The van der Waals surface area contributed by atoms with E-state index in [0.717, 1.165) is 19.3 Å². The Labute approximate surface area is 109 Å². The number of nitrogens with zero attached hydrogens (tertiary/aromatic N) is 2. The summed E-state index contributed by atoms with van der Waals surface area (Å²) in [7, 11) is -3.30. The molecule has 7 heteroatoms. The molecule has 0 aromatic carbocycles. The molecule has 18 heavy (non-hydrogen) atoms. The fourth-order valence-electron chi connectivity index (χ4n) is 2.00. The van der Waals surface area contributed by atoms with Crippen molar-refractivity contribution in [2.75, 3.05) is 18.8 Å². The molecule has 0 aromatic heterocycles. The van der Waals surface area contributed by atoms with Crippen molar-refractivity contribution >= 4 is 15.9 Å². The molecule has 0 aromatic rings. The molecule has 1 aliphatic rings. The summed E-state index contributed by atoms with van der Waals surface area (Å²) in [6.45, 7) is 2.28. The van der Waals surface area contributed by atoms with Gasteiger partial charge in [0.25, 0.3) is 0 Å². The van der Waals surface area contributed by atoms with E-state index in [9.17, 15) is 8.42 Å². The predicted octanol–water partition coefficient (Wildman–Crippen LogP) is 0.965. The molecule has 6 nitrogen and oxygen atoms in total. The van der Waals surface area contributed by atoms with Crippen LogP contribution in [-0.4, -0.2) is 42.6 Å². The topological polar surface area (TPSA) is 96.0 Å². The minimum Gasteiger partial charge on any atom is -0.409 e. The second kappa shape index (κ2) is 6.94. The van der Waals surface area contributed by atoms with Gasteiger partial charge in [-0.3, -0.25) is 0 Å². The standard InChI is InChI=1S/C11H23N3O3S/c1-2-7-14(9-11(12)13-15)18(16,17)8-6-10-4-3-5-10/h10,15H,2-9H2,1H3,(H2,12,13). The monoisotopic (exact) mass is 277 g/mol. The number of hydrogen-bond acceptors (Lipinski definition) is 4. The summed E-state index contributed by atoms with van der Waals surface area (Å²) < 4.78 is 25.6. The second-order valence-corrected chi connectivity index (χ2v) is 6.91. The van der Waals surface area contributed by atoms with Gasteiger partial charge < -0.3 is 10.9 Å². The van der Waals surface area contributed by atoms with Gasteiger partial charge in [-0.1, -0.05) is 31.3 Å². The van der Waals surface area contributed by atoms with Gasteiger partial charge in [0.1, 0.15) is 0 Å². The summed E-state index contributed by atoms with van der Waals surface area (Å²) in [6.07, 6.45) is 4.93. The van der Waals surface area contributed by atoms with E-state index < -0.39 is 10.0 Å². The van der Waals surface area contributed by atoms with Crippen LogP contribution in [0.15, 0.2) is 5.16 Å². The van der Waals surface area contributed by atoms with Crippen LogP contribution in [0.2, 0.25) is 0 Å². The van der Waals surface area contributed by atoms with Crippen molar-refractivity contribution in [3.63, 3.8) is 0 Å². The largest absolute Gasteiger partial charge is 0.409 e. The van der Waals surface area contributed by atoms with Crippen LogP contribution >= 0.6 is 0 Å². The highest BCUT2D eigenvalue weighted by Crippen LogP contribution is 2.29. The Bertz CT molecular complexity index is 377. The number of amidine groups is 1. The second-order valence-electron chi connectivity index (χ2n) is 4.83. The predicted molar refractivity (Wildman–Crippen MR) is 71.0 cm³/mol. The molecule has 0 atom stereocenters. The van der Waals surface area contributed by atoms with Gasteiger partial charge in [-0.05, 0) is 18.8 Å². The molecule has 1 rings (SSSR count). The molecule has 0 amide bonds. The molecule has 3 N–H and O–H groups in total. The van der Waals surface area contributed by atoms with Crippen LogP contribution in [0.25, 0.3) is 0 Å². The first-order valence-corrected chi connectivity index (χ1v) is 8.04. The SMILES string of the molecule is CCCN(CC(N)=NO)S(=O)(=O)CCC1CCC1. The summed E-state index contributed by atoms with van der Waals surface area (Å²) in [5.74, 6) is 0.652. The fraction of sp³-hybridized carbons (Fsp3) is 0.909. The van der Waals surface area contributed by atoms with Crippen LogP contribution in [0, 0.1) is 5.92 Å². The number of oxime groups is 1. The van der Waals surface area contributed by atoms with E-state index in [1.807, 2.05) is 6.92 Å². The van der Waals surface area contributed by atoms with Crippen molar-refractivity contribution in [1.82, 2.24) is 4.31 Å². The number of rotatable bonds is 8. The van der Waals surface area contributed by atoms with E-state index in [1.54, 1.807) is 0 Å². The number of sulfonamides is 1. The highest BCUT2D eigenvalue weighted by Gasteiger charge is 2.25. The van der Waals surface area contributed by atoms with E-state index in [0.29, 0.717) is 18.9 Å². The molecule has 1 aliphatic carbocycles. The third kappa shape index (κ3) is 4.45. The number of nitrogens with two attached hydrogens (primary N) is 1. The highest BCUT2D eigenvalue weighted by atomic mass is 32.2. The van der Waals surface area contributed by atoms with Gasteiger partial charge in [-0.2, -0.15) is 4.31 Å². The lowest BCUT2D eigenvalue weighted by Crippen LogP contribution is -2.40. The fourth-order valence-corrected chi connectivity index (χ4v) is 3.68. The van der Waals surface area contributed by atoms with Crippen LogP contribution in [0.4, 0.5) is 0 Å². The lowest BCUT2D eigenvalue weighted by molar-refractivity contribution is 0.304. The van der Waals surface area contributed by atoms with Gasteiger partial charge >= 0.3 is 0 Å². The molecule has 0 bridgehead atoms. The third-order valence-electron chi connectivity index (χ3n) is 3.34. The van der Waals surface area contributed by atoms with Gasteiger partial charge in [-0.25, -0.2) is 8.42 Å². The zero-order valence-electron chi connectivity index (χ0n) is 10.9. The molecule has 0 spiro atoms. The Morgan fingerprint density at radius 1 is 1.50 bits per heavy atom. The summed E-state index contributed by atoms with van der Waals surface area (Å²) in [4.78, 5) is 0. The third-order valence-corrected chi connectivity index (χ3v) is 5.19. The van der Waals surface area contributed by atoms with E-state index in [-0.39, 0.29) is 18.1 Å².